The van der Waals surface area contributed by atoms with Crippen LogP contribution >= 0.6 is 0 Å². The second-order valence-electron chi connectivity index (χ2n) is 8.59. The van der Waals surface area contributed by atoms with Gasteiger partial charge in [0.05, 0.1) is 12.2 Å². The van der Waals surface area contributed by atoms with Gasteiger partial charge in [-0.25, -0.2) is 0 Å². The summed E-state index contributed by atoms with van der Waals surface area (Å²) < 4.78 is 22.9. The normalized spacial score (nSPS) is 28.5. The molecule has 3 aliphatic heterocycles. The monoisotopic (exact) mass is 519 g/mol. The van der Waals surface area contributed by atoms with E-state index in [9.17, 15) is 45.6 Å². The Bertz CT molecular complexity index is 1310. The third-order valence-corrected chi connectivity index (χ3v) is 6.18. The highest BCUT2D eigenvalue weighted by atomic mass is 16.7. The van der Waals surface area contributed by atoms with Crippen LogP contribution in [0.15, 0.2) is 47.9 Å². The van der Waals surface area contributed by atoms with Crippen LogP contribution in [0, 0.1) is 0 Å². The Labute approximate surface area is 207 Å². The fraction of sp³-hybridized carbons (Fsp3) is 0.292. The summed E-state index contributed by atoms with van der Waals surface area (Å²) in [6, 6.07) is 6.21. The number of rotatable bonds is 5. The quantitative estimate of drug-likeness (QED) is 0.190. The second-order valence-corrected chi connectivity index (χ2v) is 8.59. The summed E-state index contributed by atoms with van der Waals surface area (Å²) in [6.07, 6.45) is -8.18. The number of hydrogen-bond acceptors (Lipinski definition) is 11. The lowest BCUT2D eigenvalue weighted by molar-refractivity contribution is -0.293. The van der Waals surface area contributed by atoms with Crippen LogP contribution in [0.3, 0.4) is 0 Å². The number of aliphatic carboxylic acids is 1. The van der Waals surface area contributed by atoms with Crippen molar-refractivity contribution in [2.75, 3.05) is 6.61 Å². The molecule has 196 valence electrons. The summed E-state index contributed by atoms with van der Waals surface area (Å²) in [4.78, 5) is 9.71. The predicted molar refractivity (Wildman–Crippen MR) is 121 cm³/mol. The zero-order valence-electron chi connectivity index (χ0n) is 18.8. The Balaban J connectivity index is 1.70. The van der Waals surface area contributed by atoms with E-state index in [2.05, 4.69) is 0 Å². The molecule has 13 heteroatoms. The minimum absolute atomic E-state index is 0.0370. The summed E-state index contributed by atoms with van der Waals surface area (Å²) in [5.74, 6) is -2.90. The molecule has 5 rings (SSSR count). The van der Waals surface area contributed by atoms with E-state index >= 15 is 0 Å². The molecular formula is C24H23O13+. The van der Waals surface area contributed by atoms with Crippen LogP contribution in [0.4, 0.5) is 0 Å². The third-order valence-electron chi connectivity index (χ3n) is 6.18. The standard InChI is InChI=1S/C24H22O13/c25-7-16-18(29)19(30)20(31)24(36-16)37-22-10-6-15(23(32)33)34-13-4-9(26)5-14(17(10)13)35-21(22)8-1-2-11(27)12(28)3-8/h1-6,16,18-21,24-31H,7H2,(H,32,33)/p+1. The third kappa shape index (κ3) is 4.18. The second kappa shape index (κ2) is 9.14. The molecule has 0 bridgehead atoms. The average molecular weight is 519 g/mol. The number of aromatic hydroxyl groups is 3. The van der Waals surface area contributed by atoms with Gasteiger partial charge in [0.1, 0.15) is 41.7 Å². The maximum Gasteiger partial charge on any atom is 0.552 e. The highest BCUT2D eigenvalue weighted by Gasteiger charge is 2.47. The molecule has 3 aliphatic rings. The molecule has 13 nitrogen and oxygen atoms in total. The van der Waals surface area contributed by atoms with Crippen LogP contribution in [-0.2, 0) is 9.47 Å². The first-order valence-electron chi connectivity index (χ1n) is 11.0. The topological polar surface area (TPSA) is 220 Å². The summed E-state index contributed by atoms with van der Waals surface area (Å²) in [6.45, 7) is -0.708. The number of ether oxygens (including phenoxy) is 4. The lowest BCUT2D eigenvalue weighted by Gasteiger charge is -2.41. The maximum atomic E-state index is 10.6. The number of benzene rings is 2. The molecule has 0 radical (unpaired) electrons. The number of carboxylic acid groups (broad SMARTS) is 1. The van der Waals surface area contributed by atoms with Crippen LogP contribution in [0.5, 0.6) is 28.7 Å². The highest BCUT2D eigenvalue weighted by Crippen LogP contribution is 2.52. The Morgan fingerprint density at radius 3 is 2.35 bits per heavy atom. The first-order chi connectivity index (χ1) is 17.6. The van der Waals surface area contributed by atoms with E-state index in [1.54, 1.807) is 0 Å². The molecular weight excluding hydrogens is 496 g/mol. The SMILES string of the molecule is OCC1OC(OC2=C3C=C(C(O)=[OH+])Oc4cc(O)cc(c43)OC2c2ccc(O)c(O)c2)C(O)C(O)C1O. The van der Waals surface area contributed by atoms with Crippen molar-refractivity contribution in [1.29, 1.82) is 0 Å². The van der Waals surface area contributed by atoms with Gasteiger partial charge in [-0.1, -0.05) is 6.07 Å². The Morgan fingerprint density at radius 2 is 1.68 bits per heavy atom. The molecule has 0 aliphatic carbocycles. The fourth-order valence-corrected chi connectivity index (χ4v) is 4.33. The van der Waals surface area contributed by atoms with Crippen molar-refractivity contribution in [2.24, 2.45) is 0 Å². The van der Waals surface area contributed by atoms with Crippen LogP contribution in [-0.4, -0.2) is 88.9 Å². The number of phenols is 3. The number of carboxylic acids is 1. The van der Waals surface area contributed by atoms with E-state index in [1.165, 1.54) is 36.4 Å². The van der Waals surface area contributed by atoms with Gasteiger partial charge in [0.2, 0.25) is 6.29 Å². The number of aliphatic hydroxyl groups is 4. The van der Waals surface area contributed by atoms with Crippen LogP contribution in [0.2, 0.25) is 0 Å². The van der Waals surface area contributed by atoms with Crippen molar-refractivity contribution < 1.29 is 64.6 Å². The van der Waals surface area contributed by atoms with Crippen molar-refractivity contribution in [3.05, 3.63) is 59.1 Å². The van der Waals surface area contributed by atoms with Crippen molar-refractivity contribution in [3.8, 4) is 28.7 Å². The fourth-order valence-electron chi connectivity index (χ4n) is 4.33. The predicted octanol–water partition coefficient (Wildman–Crippen LogP) is -0.199. The van der Waals surface area contributed by atoms with Gasteiger partial charge in [-0.3, -0.25) is 0 Å². The molecule has 6 atom stereocenters. The average Bonchev–Trinajstić information content (AvgIpc) is 2.86. The minimum atomic E-state index is -1.79. The molecule has 2 aromatic rings. The summed E-state index contributed by atoms with van der Waals surface area (Å²) in [7, 11) is 0. The Kier molecular flexibility index (Phi) is 6.09. The van der Waals surface area contributed by atoms with Crippen molar-refractivity contribution in [3.63, 3.8) is 0 Å². The van der Waals surface area contributed by atoms with E-state index in [0.717, 1.165) is 0 Å². The Morgan fingerprint density at radius 1 is 0.946 bits per heavy atom. The van der Waals surface area contributed by atoms with E-state index in [1.807, 2.05) is 0 Å². The largest absolute Gasteiger partial charge is 0.552 e. The number of allylic oxidation sites excluding steroid dienone is 2. The van der Waals surface area contributed by atoms with Gasteiger partial charge >= 0.3 is 5.97 Å². The van der Waals surface area contributed by atoms with Crippen molar-refractivity contribution >= 4 is 11.5 Å². The number of aliphatic hydroxyl groups excluding tert-OH is 5. The molecule has 0 spiro atoms. The van der Waals surface area contributed by atoms with Gasteiger partial charge in [0.15, 0.2) is 23.4 Å². The first kappa shape index (κ1) is 24.7. The Hall–Kier alpha value is -4.01. The molecule has 0 saturated carbocycles. The minimum Gasteiger partial charge on any atom is -0.508 e. The zero-order valence-corrected chi connectivity index (χ0v) is 18.8. The lowest BCUT2D eigenvalue weighted by Crippen LogP contribution is -2.59. The van der Waals surface area contributed by atoms with Gasteiger partial charge in [-0.05, 0) is 12.1 Å². The van der Waals surface area contributed by atoms with Gasteiger partial charge < -0.3 is 64.6 Å². The van der Waals surface area contributed by atoms with Gasteiger partial charge in [0, 0.05) is 29.3 Å². The van der Waals surface area contributed by atoms with Crippen LogP contribution < -0.4 is 9.47 Å². The zero-order chi connectivity index (χ0) is 26.6. The smallest absolute Gasteiger partial charge is 0.508 e. The molecule has 1 fully saturated rings. The molecule has 9 N–H and O–H groups in total. The molecule has 1 saturated heterocycles. The molecule has 6 unspecified atom stereocenters. The summed E-state index contributed by atoms with van der Waals surface area (Å²) in [5.41, 5.74) is 0.575. The summed E-state index contributed by atoms with van der Waals surface area (Å²) >= 11 is 0. The van der Waals surface area contributed by atoms with E-state index in [-0.39, 0.29) is 39.7 Å². The number of hydrogen-bond donors (Lipinski definition) is 8. The van der Waals surface area contributed by atoms with Crippen molar-refractivity contribution in [1.82, 2.24) is 0 Å². The molecule has 0 amide bonds. The highest BCUT2D eigenvalue weighted by molar-refractivity contribution is 5.96. The maximum absolute atomic E-state index is 10.6. The van der Waals surface area contributed by atoms with Crippen molar-refractivity contribution in [2.45, 2.75) is 36.8 Å². The van der Waals surface area contributed by atoms with E-state index in [4.69, 9.17) is 18.9 Å². The molecule has 0 aromatic heterocycles. The molecule has 37 heavy (non-hydrogen) atoms. The summed E-state index contributed by atoms with van der Waals surface area (Å²) in [5, 5.41) is 80.2. The molecule has 3 heterocycles. The van der Waals surface area contributed by atoms with Gasteiger partial charge in [-0.15, -0.1) is 0 Å². The van der Waals surface area contributed by atoms with Crippen LogP contribution in [0.1, 0.15) is 17.2 Å². The number of phenolic OH excluding ortho intramolecular Hbond substituents is 3. The van der Waals surface area contributed by atoms with Gasteiger partial charge in [0.25, 0.3) is 5.76 Å². The molecule has 2 aromatic carbocycles. The van der Waals surface area contributed by atoms with E-state index in [0.29, 0.717) is 0 Å². The van der Waals surface area contributed by atoms with Crippen LogP contribution in [0.25, 0.3) is 5.57 Å². The van der Waals surface area contributed by atoms with E-state index < -0.39 is 66.6 Å². The van der Waals surface area contributed by atoms with Gasteiger partial charge in [-0.2, -0.15) is 0 Å². The first-order valence-corrected chi connectivity index (χ1v) is 11.0. The lowest BCUT2D eigenvalue weighted by atomic mass is 9.92.